The van der Waals surface area contributed by atoms with E-state index < -0.39 is 0 Å². The SMILES string of the molecule is Cc1cccc(C(=O)c2cnn3ccncc23)c1. The molecule has 0 radical (unpaired) electrons. The first-order valence-corrected chi connectivity index (χ1v) is 5.64. The number of carbonyl (C=O) groups is 1. The zero-order valence-corrected chi connectivity index (χ0v) is 9.87. The van der Waals surface area contributed by atoms with E-state index in [1.54, 1.807) is 29.3 Å². The number of hydrogen-bond donors (Lipinski definition) is 0. The maximum atomic E-state index is 12.4. The van der Waals surface area contributed by atoms with Crippen molar-refractivity contribution >= 4 is 11.3 Å². The molecule has 0 saturated heterocycles. The van der Waals surface area contributed by atoms with Gasteiger partial charge in [0.05, 0.1) is 23.5 Å². The zero-order chi connectivity index (χ0) is 12.5. The van der Waals surface area contributed by atoms with Gasteiger partial charge in [-0.1, -0.05) is 23.8 Å². The molecule has 88 valence electrons. The normalized spacial score (nSPS) is 10.7. The van der Waals surface area contributed by atoms with Crippen LogP contribution in [0.25, 0.3) is 5.52 Å². The van der Waals surface area contributed by atoms with Crippen LogP contribution in [-0.2, 0) is 0 Å². The number of nitrogens with zero attached hydrogens (tertiary/aromatic N) is 3. The third-order valence-corrected chi connectivity index (χ3v) is 2.85. The molecule has 3 aromatic rings. The summed E-state index contributed by atoms with van der Waals surface area (Å²) < 4.78 is 1.65. The van der Waals surface area contributed by atoms with Crippen molar-refractivity contribution < 1.29 is 4.79 Å². The number of ketones is 1. The number of aryl methyl sites for hydroxylation is 1. The van der Waals surface area contributed by atoms with Crippen molar-refractivity contribution in [3.05, 3.63) is 65.7 Å². The molecule has 0 bridgehead atoms. The Morgan fingerprint density at radius 3 is 3.00 bits per heavy atom. The van der Waals surface area contributed by atoms with Crippen molar-refractivity contribution in [1.82, 2.24) is 14.6 Å². The van der Waals surface area contributed by atoms with Gasteiger partial charge in [0, 0.05) is 18.0 Å². The van der Waals surface area contributed by atoms with E-state index in [9.17, 15) is 4.79 Å². The zero-order valence-electron chi connectivity index (χ0n) is 9.87. The Bertz CT molecular complexity index is 730. The summed E-state index contributed by atoms with van der Waals surface area (Å²) in [6, 6.07) is 7.54. The van der Waals surface area contributed by atoms with Crippen molar-refractivity contribution in [2.75, 3.05) is 0 Å². The van der Waals surface area contributed by atoms with E-state index in [0.29, 0.717) is 11.1 Å². The lowest BCUT2D eigenvalue weighted by Gasteiger charge is -2.00. The highest BCUT2D eigenvalue weighted by molar-refractivity contribution is 6.12. The van der Waals surface area contributed by atoms with Gasteiger partial charge < -0.3 is 0 Å². The minimum atomic E-state index is -0.0262. The first-order valence-electron chi connectivity index (χ1n) is 5.64. The largest absolute Gasteiger partial charge is 0.288 e. The molecule has 0 aliphatic heterocycles. The molecular formula is C14H11N3O. The molecule has 0 fully saturated rings. The number of rotatable bonds is 2. The fraction of sp³-hybridized carbons (Fsp3) is 0.0714. The molecule has 0 saturated carbocycles. The van der Waals surface area contributed by atoms with Crippen LogP contribution in [0.4, 0.5) is 0 Å². The standard InChI is InChI=1S/C14H11N3O/c1-10-3-2-4-11(7-10)14(18)12-8-16-17-6-5-15-9-13(12)17/h2-9H,1H3. The first kappa shape index (κ1) is 10.7. The van der Waals surface area contributed by atoms with E-state index in [-0.39, 0.29) is 5.78 Å². The number of aromatic nitrogens is 3. The van der Waals surface area contributed by atoms with E-state index in [4.69, 9.17) is 0 Å². The minimum absolute atomic E-state index is 0.0262. The van der Waals surface area contributed by atoms with Gasteiger partial charge in [0.1, 0.15) is 0 Å². The van der Waals surface area contributed by atoms with Gasteiger partial charge in [-0.3, -0.25) is 9.78 Å². The van der Waals surface area contributed by atoms with Crippen molar-refractivity contribution in [2.24, 2.45) is 0 Å². The van der Waals surface area contributed by atoms with Gasteiger partial charge >= 0.3 is 0 Å². The van der Waals surface area contributed by atoms with Crippen molar-refractivity contribution in [2.45, 2.75) is 6.92 Å². The molecular weight excluding hydrogens is 226 g/mol. The van der Waals surface area contributed by atoms with Crippen LogP contribution < -0.4 is 0 Å². The number of benzene rings is 1. The van der Waals surface area contributed by atoms with Crippen molar-refractivity contribution in [3.63, 3.8) is 0 Å². The van der Waals surface area contributed by atoms with Crippen molar-refractivity contribution in [3.8, 4) is 0 Å². The molecule has 4 heteroatoms. The van der Waals surface area contributed by atoms with Crippen LogP contribution in [0.3, 0.4) is 0 Å². The summed E-state index contributed by atoms with van der Waals surface area (Å²) in [7, 11) is 0. The molecule has 2 aromatic heterocycles. The smallest absolute Gasteiger partial charge is 0.196 e. The van der Waals surface area contributed by atoms with Gasteiger partial charge in [-0.25, -0.2) is 4.52 Å². The average Bonchev–Trinajstić information content (AvgIpc) is 2.82. The Balaban J connectivity index is 2.12. The van der Waals surface area contributed by atoms with Gasteiger partial charge in [0.15, 0.2) is 5.78 Å². The van der Waals surface area contributed by atoms with E-state index in [1.165, 1.54) is 0 Å². The fourth-order valence-corrected chi connectivity index (χ4v) is 1.95. The van der Waals surface area contributed by atoms with Gasteiger partial charge in [0.25, 0.3) is 0 Å². The van der Waals surface area contributed by atoms with E-state index in [1.807, 2.05) is 31.2 Å². The minimum Gasteiger partial charge on any atom is -0.288 e. The second-order valence-corrected chi connectivity index (χ2v) is 4.16. The highest BCUT2D eigenvalue weighted by Crippen LogP contribution is 2.15. The van der Waals surface area contributed by atoms with Crippen LogP contribution in [0.2, 0.25) is 0 Å². The molecule has 0 N–H and O–H groups in total. The molecule has 0 aliphatic rings. The average molecular weight is 237 g/mol. The predicted octanol–water partition coefficient (Wildman–Crippen LogP) is 2.27. The molecule has 4 nitrogen and oxygen atoms in total. The fourth-order valence-electron chi connectivity index (χ4n) is 1.95. The van der Waals surface area contributed by atoms with Crippen LogP contribution >= 0.6 is 0 Å². The lowest BCUT2D eigenvalue weighted by molar-refractivity contribution is 0.104. The molecule has 1 aromatic carbocycles. The van der Waals surface area contributed by atoms with Crippen LogP contribution in [-0.4, -0.2) is 20.4 Å². The second-order valence-electron chi connectivity index (χ2n) is 4.16. The third-order valence-electron chi connectivity index (χ3n) is 2.85. The lowest BCUT2D eigenvalue weighted by Crippen LogP contribution is -2.01. The summed E-state index contributed by atoms with van der Waals surface area (Å²) in [5, 5.41) is 4.14. The molecule has 2 heterocycles. The highest BCUT2D eigenvalue weighted by Gasteiger charge is 2.14. The molecule has 0 amide bonds. The van der Waals surface area contributed by atoms with Crippen LogP contribution in [0, 0.1) is 6.92 Å². The quantitative estimate of drug-likeness (QED) is 0.642. The number of fused-ring (bicyclic) bond motifs is 1. The first-order chi connectivity index (χ1) is 8.75. The third kappa shape index (κ3) is 1.68. The summed E-state index contributed by atoms with van der Waals surface area (Å²) in [6.07, 6.45) is 6.60. The molecule has 0 spiro atoms. The summed E-state index contributed by atoms with van der Waals surface area (Å²) in [5.41, 5.74) is 3.04. The summed E-state index contributed by atoms with van der Waals surface area (Å²) >= 11 is 0. The van der Waals surface area contributed by atoms with Gasteiger partial charge in [-0.15, -0.1) is 0 Å². The number of hydrogen-bond acceptors (Lipinski definition) is 3. The van der Waals surface area contributed by atoms with Gasteiger partial charge in [-0.2, -0.15) is 5.10 Å². The predicted molar refractivity (Wildman–Crippen MR) is 67.6 cm³/mol. The lowest BCUT2D eigenvalue weighted by atomic mass is 10.0. The molecule has 0 atom stereocenters. The summed E-state index contributed by atoms with van der Waals surface area (Å²) in [5.74, 6) is -0.0262. The second kappa shape index (κ2) is 4.07. The maximum Gasteiger partial charge on any atom is 0.196 e. The molecule has 3 rings (SSSR count). The highest BCUT2D eigenvalue weighted by atomic mass is 16.1. The Kier molecular flexibility index (Phi) is 2.41. The van der Waals surface area contributed by atoms with Gasteiger partial charge in [-0.05, 0) is 13.0 Å². The topological polar surface area (TPSA) is 47.3 Å². The van der Waals surface area contributed by atoms with E-state index in [0.717, 1.165) is 11.1 Å². The van der Waals surface area contributed by atoms with Gasteiger partial charge in [0.2, 0.25) is 0 Å². The molecule has 0 unspecified atom stereocenters. The number of carbonyl (C=O) groups excluding carboxylic acids is 1. The Morgan fingerprint density at radius 1 is 1.28 bits per heavy atom. The summed E-state index contributed by atoms with van der Waals surface area (Å²) in [4.78, 5) is 16.4. The van der Waals surface area contributed by atoms with E-state index in [2.05, 4.69) is 10.1 Å². The monoisotopic (exact) mass is 237 g/mol. The van der Waals surface area contributed by atoms with Crippen LogP contribution in [0.1, 0.15) is 21.5 Å². The Hall–Kier alpha value is -2.49. The van der Waals surface area contributed by atoms with E-state index >= 15 is 0 Å². The molecule has 18 heavy (non-hydrogen) atoms. The molecule has 0 aliphatic carbocycles. The summed E-state index contributed by atoms with van der Waals surface area (Å²) in [6.45, 7) is 1.97. The Labute approximate surface area is 104 Å². The van der Waals surface area contributed by atoms with Crippen LogP contribution in [0.5, 0.6) is 0 Å². The van der Waals surface area contributed by atoms with Crippen LogP contribution in [0.15, 0.2) is 49.1 Å². The maximum absolute atomic E-state index is 12.4. The Morgan fingerprint density at radius 2 is 2.17 bits per heavy atom. The van der Waals surface area contributed by atoms with Crippen molar-refractivity contribution in [1.29, 1.82) is 0 Å².